The van der Waals surface area contributed by atoms with E-state index in [2.05, 4.69) is 20.4 Å². The molecule has 2 unspecified atom stereocenters. The van der Waals surface area contributed by atoms with E-state index >= 15 is 0 Å². The summed E-state index contributed by atoms with van der Waals surface area (Å²) in [7, 11) is 0. The highest BCUT2D eigenvalue weighted by atomic mass is 16.6. The van der Waals surface area contributed by atoms with Crippen LogP contribution in [-0.2, 0) is 16.0 Å². The number of ether oxygens (including phenoxy) is 1. The second-order valence-electron chi connectivity index (χ2n) is 13.6. The van der Waals surface area contributed by atoms with Crippen LogP contribution in [0.5, 0.6) is 0 Å². The molecular weight excluding hydrogens is 594 g/mol. The first-order chi connectivity index (χ1) is 22.9. The minimum absolute atomic E-state index is 0.00434. The number of carbonyl (C=O) groups excluding carboxylic acids is 3. The standard InChI is InChI=1S/C36H45N7O4/c1-25-20-26(21-28-23-37-39-33(25)28)22-32(34(44)41-18-16-40(17-19-41)29-10-6-3-7-11-29)47-36(46)42-14-12-30(13-15-42)43-24-31(38-35(43)45)27-8-4-2-5-9-27/h2,4-5,8-9,20-21,23-24,29-32H,3,6-7,10-19,22H2,1H3,(H-,37,38,39,45)/p+1. The van der Waals surface area contributed by atoms with Crippen molar-refractivity contribution in [2.24, 2.45) is 0 Å². The Hall–Kier alpha value is -4.25. The predicted octanol–water partition coefficient (Wildman–Crippen LogP) is 4.41. The Labute approximate surface area is 275 Å². The van der Waals surface area contributed by atoms with Gasteiger partial charge in [-0.2, -0.15) is 14.5 Å². The lowest BCUT2D eigenvalue weighted by molar-refractivity contribution is -0.468. The van der Waals surface area contributed by atoms with Crippen LogP contribution >= 0.6 is 0 Å². The number of fused-ring (bicyclic) bond motifs is 1. The fraction of sp³-hybridized carbons (Fsp3) is 0.528. The van der Waals surface area contributed by atoms with Crippen molar-refractivity contribution in [3.63, 3.8) is 0 Å². The molecule has 11 heteroatoms. The van der Waals surface area contributed by atoms with Crippen LogP contribution in [0.15, 0.2) is 48.7 Å². The Kier molecular flexibility index (Phi) is 9.24. The number of carbonyl (C=O) groups is 3. The van der Waals surface area contributed by atoms with Crippen LogP contribution in [0.1, 0.15) is 67.7 Å². The second-order valence-corrected chi connectivity index (χ2v) is 13.6. The largest absolute Gasteiger partial charge is 0.492 e. The number of piperidine rings is 1. The fourth-order valence-electron chi connectivity index (χ4n) is 7.89. The average Bonchev–Trinajstić information content (AvgIpc) is 3.76. The maximum absolute atomic E-state index is 14.1. The number of nitrogens with one attached hydrogen (secondary N) is 2. The van der Waals surface area contributed by atoms with Gasteiger partial charge in [0.05, 0.1) is 11.7 Å². The van der Waals surface area contributed by atoms with Gasteiger partial charge in [0, 0.05) is 75.5 Å². The first-order valence-electron chi connectivity index (χ1n) is 17.3. The van der Waals surface area contributed by atoms with E-state index in [1.807, 2.05) is 60.5 Å². The number of aromatic amines is 1. The van der Waals surface area contributed by atoms with E-state index in [0.717, 1.165) is 40.7 Å². The number of piperazine rings is 1. The number of nitrogens with zero attached hydrogens (tertiary/aromatic N) is 5. The molecule has 11 nitrogen and oxygen atoms in total. The molecule has 2 aromatic carbocycles. The summed E-state index contributed by atoms with van der Waals surface area (Å²) in [4.78, 5) is 46.6. The molecule has 0 bridgehead atoms. The molecule has 3 fully saturated rings. The van der Waals surface area contributed by atoms with Gasteiger partial charge >= 0.3 is 12.1 Å². The van der Waals surface area contributed by atoms with Crippen LogP contribution in [-0.4, -0.2) is 111 Å². The zero-order chi connectivity index (χ0) is 32.3. The van der Waals surface area contributed by atoms with Crippen molar-refractivity contribution in [2.45, 2.75) is 82.5 Å². The Morgan fingerprint density at radius 2 is 1.70 bits per heavy atom. The lowest BCUT2D eigenvalue weighted by Crippen LogP contribution is -2.55. The van der Waals surface area contributed by atoms with Gasteiger partial charge in [0.1, 0.15) is 12.3 Å². The van der Waals surface area contributed by atoms with E-state index in [1.54, 1.807) is 15.7 Å². The number of hydrogen-bond donors (Lipinski definition) is 2. The number of urea groups is 1. The second kappa shape index (κ2) is 13.9. The molecule has 47 heavy (non-hydrogen) atoms. The van der Waals surface area contributed by atoms with E-state index < -0.39 is 12.2 Å². The van der Waals surface area contributed by atoms with Crippen molar-refractivity contribution in [1.29, 1.82) is 0 Å². The van der Waals surface area contributed by atoms with Crippen molar-refractivity contribution >= 4 is 35.1 Å². The molecule has 2 N–H and O–H groups in total. The van der Waals surface area contributed by atoms with Crippen LogP contribution in [0, 0.1) is 6.92 Å². The number of aryl methyl sites for hydroxylation is 1. The molecule has 248 valence electrons. The van der Waals surface area contributed by atoms with Gasteiger partial charge in [-0.25, -0.2) is 10.1 Å². The van der Waals surface area contributed by atoms with Crippen LogP contribution in [0.25, 0.3) is 10.9 Å². The summed E-state index contributed by atoms with van der Waals surface area (Å²) < 4.78 is 7.89. The first kappa shape index (κ1) is 31.4. The van der Waals surface area contributed by atoms with Crippen LogP contribution in [0.2, 0.25) is 0 Å². The predicted molar refractivity (Wildman–Crippen MR) is 178 cm³/mol. The molecule has 2 atom stereocenters. The molecule has 4 amide bonds. The third-order valence-electron chi connectivity index (χ3n) is 10.6. The number of rotatable bonds is 7. The number of amides is 4. The molecule has 2 saturated heterocycles. The molecule has 1 aliphatic carbocycles. The van der Waals surface area contributed by atoms with Crippen LogP contribution in [0.4, 0.5) is 9.59 Å². The van der Waals surface area contributed by atoms with Crippen LogP contribution in [0.3, 0.4) is 0 Å². The van der Waals surface area contributed by atoms with Crippen molar-refractivity contribution in [2.75, 3.05) is 39.3 Å². The summed E-state index contributed by atoms with van der Waals surface area (Å²) in [5, 5.41) is 11.2. The number of H-pyrrole nitrogens is 1. The van der Waals surface area contributed by atoms with E-state index in [-0.39, 0.29) is 24.0 Å². The average molecular weight is 641 g/mol. The van der Waals surface area contributed by atoms with E-state index in [1.165, 1.54) is 32.1 Å². The maximum atomic E-state index is 14.1. The minimum Gasteiger partial charge on any atom is -0.436 e. The maximum Gasteiger partial charge on any atom is 0.492 e. The third-order valence-corrected chi connectivity index (χ3v) is 10.6. The molecule has 1 aromatic heterocycles. The molecule has 4 heterocycles. The lowest BCUT2D eigenvalue weighted by atomic mass is 9.94. The third kappa shape index (κ3) is 6.90. The zero-order valence-corrected chi connectivity index (χ0v) is 27.3. The zero-order valence-electron chi connectivity index (χ0n) is 27.3. The fourth-order valence-corrected chi connectivity index (χ4v) is 7.89. The topological polar surface area (TPSA) is 114 Å². The Bertz CT molecular complexity index is 1620. The molecule has 0 radical (unpaired) electrons. The number of likely N-dealkylation sites (tertiary alicyclic amines) is 1. The highest BCUT2D eigenvalue weighted by Gasteiger charge is 2.39. The molecule has 0 spiro atoms. The van der Waals surface area contributed by atoms with Gasteiger partial charge in [0.2, 0.25) is 0 Å². The number of benzene rings is 2. The smallest absolute Gasteiger partial charge is 0.436 e. The van der Waals surface area contributed by atoms with Gasteiger partial charge in [-0.15, -0.1) is 0 Å². The summed E-state index contributed by atoms with van der Waals surface area (Å²) >= 11 is 0. The Morgan fingerprint density at radius 3 is 2.45 bits per heavy atom. The van der Waals surface area contributed by atoms with Crippen molar-refractivity contribution in [3.8, 4) is 0 Å². The summed E-state index contributed by atoms with van der Waals surface area (Å²) in [5.74, 6) is -0.128. The molecule has 1 saturated carbocycles. The molecular formula is C36H46N7O4+. The van der Waals surface area contributed by atoms with Crippen molar-refractivity contribution in [3.05, 3.63) is 65.4 Å². The van der Waals surface area contributed by atoms with Crippen molar-refractivity contribution < 1.29 is 23.7 Å². The number of aromatic nitrogens is 2. The molecule has 3 aromatic rings. The highest BCUT2D eigenvalue weighted by molar-refractivity contribution is 5.86. The van der Waals surface area contributed by atoms with Crippen LogP contribution < -0.4 is 5.32 Å². The molecule has 3 aliphatic heterocycles. The summed E-state index contributed by atoms with van der Waals surface area (Å²) in [6, 6.07) is 14.3. The van der Waals surface area contributed by atoms with E-state index in [9.17, 15) is 14.4 Å². The first-order valence-corrected chi connectivity index (χ1v) is 17.3. The van der Waals surface area contributed by atoms with E-state index in [0.29, 0.717) is 51.5 Å². The van der Waals surface area contributed by atoms with Gasteiger partial charge in [0.15, 0.2) is 12.1 Å². The van der Waals surface area contributed by atoms with E-state index in [4.69, 9.17) is 4.74 Å². The monoisotopic (exact) mass is 640 g/mol. The Balaban J connectivity index is 1.01. The van der Waals surface area contributed by atoms with Gasteiger partial charge < -0.3 is 14.5 Å². The van der Waals surface area contributed by atoms with Gasteiger partial charge in [-0.05, 0) is 37.0 Å². The highest BCUT2D eigenvalue weighted by Crippen LogP contribution is 2.26. The molecule has 4 aliphatic rings. The Morgan fingerprint density at radius 1 is 0.957 bits per heavy atom. The van der Waals surface area contributed by atoms with Crippen molar-refractivity contribution in [1.82, 2.24) is 30.2 Å². The number of hydrogen-bond acceptors (Lipinski definition) is 6. The van der Waals surface area contributed by atoms with Gasteiger partial charge in [-0.1, -0.05) is 55.7 Å². The quantitative estimate of drug-likeness (QED) is 0.370. The normalized spacial score (nSPS) is 22.3. The minimum atomic E-state index is -0.922. The summed E-state index contributed by atoms with van der Waals surface area (Å²) in [5.41, 5.74) is 3.98. The van der Waals surface area contributed by atoms with Gasteiger partial charge in [0.25, 0.3) is 5.91 Å². The lowest BCUT2D eigenvalue weighted by Gasteiger charge is -2.41. The SMILES string of the molecule is Cc1cc(CC(OC(=O)N2CCC([N+]3=CC(c4ccccc4)NC3=O)CC2)C(=O)N2CCN(C3CCCCC3)CC2)cc2cn[nH]c12. The molecule has 7 rings (SSSR count). The summed E-state index contributed by atoms with van der Waals surface area (Å²) in [6.07, 6.45) is 10.3. The van der Waals surface area contributed by atoms with Gasteiger partial charge in [-0.3, -0.25) is 14.8 Å². The summed E-state index contributed by atoms with van der Waals surface area (Å²) in [6.45, 7) is 5.94.